The van der Waals surface area contributed by atoms with Gasteiger partial charge in [-0.05, 0) is 99.3 Å². The van der Waals surface area contributed by atoms with E-state index in [4.69, 9.17) is 9.47 Å². The first-order chi connectivity index (χ1) is 21.6. The molecule has 4 bridgehead atoms. The molecule has 7 aliphatic rings. The summed E-state index contributed by atoms with van der Waals surface area (Å²) in [5.41, 5.74) is 2.99. The van der Waals surface area contributed by atoms with Crippen LogP contribution in [0.15, 0.2) is 24.3 Å². The molecule has 7 atom stereocenters. The second-order valence-corrected chi connectivity index (χ2v) is 16.7. The Bertz CT molecular complexity index is 1290. The standard InChI is InChI=1S/C38H56N2O5/c1-35-20-27-21-36(2,24-35)26-37(22-27,25-35)40(34(42)43)17-10-8-6-4-5-7-9-16-39-18-15-38-14-13-29(41)19-31(38)45-33-30(44-3)12-11-28(23-39)32(33)38/h11-14,27,29,31,41H,4-10,15-26H2,1-3H3,(H,42,43)/t27?,29-,31-,35-,36+,37?,38-/m0/s1. The van der Waals surface area contributed by atoms with Gasteiger partial charge in [0, 0.05) is 30.6 Å². The molecular formula is C38H56N2O5. The lowest BCUT2D eigenvalue weighted by atomic mass is 9.42. The maximum Gasteiger partial charge on any atom is 0.407 e. The lowest BCUT2D eigenvalue weighted by Crippen LogP contribution is -2.66. The van der Waals surface area contributed by atoms with Crippen LogP contribution in [0.5, 0.6) is 11.5 Å². The minimum absolute atomic E-state index is 0.0378. The van der Waals surface area contributed by atoms with Crippen molar-refractivity contribution in [2.24, 2.45) is 16.7 Å². The highest BCUT2D eigenvalue weighted by atomic mass is 16.5. The number of carbonyl (C=O) groups is 1. The molecule has 4 fully saturated rings. The summed E-state index contributed by atoms with van der Waals surface area (Å²) in [5, 5.41) is 20.6. The van der Waals surface area contributed by atoms with E-state index >= 15 is 0 Å². The molecule has 1 amide bonds. The van der Waals surface area contributed by atoms with Crippen molar-refractivity contribution in [1.82, 2.24) is 9.80 Å². The van der Waals surface area contributed by atoms with Crippen molar-refractivity contribution in [1.29, 1.82) is 0 Å². The van der Waals surface area contributed by atoms with Gasteiger partial charge in [-0.2, -0.15) is 0 Å². The smallest absolute Gasteiger partial charge is 0.407 e. The molecule has 2 aliphatic heterocycles. The molecular weight excluding hydrogens is 564 g/mol. The van der Waals surface area contributed by atoms with Crippen LogP contribution < -0.4 is 9.47 Å². The average Bonchev–Trinajstić information content (AvgIpc) is 3.20. The normalized spacial score (nSPS) is 37.6. The maximum atomic E-state index is 12.5. The highest BCUT2D eigenvalue weighted by Crippen LogP contribution is 2.67. The van der Waals surface area contributed by atoms with E-state index in [-0.39, 0.29) is 17.1 Å². The summed E-state index contributed by atoms with van der Waals surface area (Å²) in [6, 6.07) is 4.26. The van der Waals surface area contributed by atoms with Gasteiger partial charge in [0.05, 0.1) is 18.6 Å². The van der Waals surface area contributed by atoms with Gasteiger partial charge in [0.25, 0.3) is 0 Å². The van der Waals surface area contributed by atoms with Gasteiger partial charge in [0.1, 0.15) is 6.10 Å². The van der Waals surface area contributed by atoms with Gasteiger partial charge in [0.15, 0.2) is 11.5 Å². The number of carboxylic acid groups (broad SMARTS) is 1. The topological polar surface area (TPSA) is 82.5 Å². The van der Waals surface area contributed by atoms with E-state index < -0.39 is 12.2 Å². The summed E-state index contributed by atoms with van der Waals surface area (Å²) in [6.45, 7) is 8.63. The monoisotopic (exact) mass is 620 g/mol. The number of nitrogens with zero attached hydrogens (tertiary/aromatic N) is 2. The predicted molar refractivity (Wildman–Crippen MR) is 176 cm³/mol. The molecule has 7 heteroatoms. The van der Waals surface area contributed by atoms with Gasteiger partial charge in [-0.1, -0.05) is 64.2 Å². The number of unbranched alkanes of at least 4 members (excludes halogenated alkanes) is 6. The molecule has 1 aromatic rings. The number of hydrogen-bond donors (Lipinski definition) is 2. The Kier molecular flexibility index (Phi) is 8.20. The Morgan fingerprint density at radius 2 is 1.73 bits per heavy atom. The molecule has 248 valence electrons. The summed E-state index contributed by atoms with van der Waals surface area (Å²) in [7, 11) is 1.71. The highest BCUT2D eigenvalue weighted by Gasteiger charge is 2.62. The molecule has 2 N–H and O–H groups in total. The van der Waals surface area contributed by atoms with Crippen LogP contribution in [-0.2, 0) is 12.0 Å². The fraction of sp³-hybridized carbons (Fsp3) is 0.763. The molecule has 45 heavy (non-hydrogen) atoms. The van der Waals surface area contributed by atoms with Gasteiger partial charge in [0.2, 0.25) is 0 Å². The minimum atomic E-state index is -0.687. The van der Waals surface area contributed by atoms with Crippen molar-refractivity contribution >= 4 is 6.09 Å². The van der Waals surface area contributed by atoms with E-state index in [1.165, 1.54) is 62.5 Å². The first kappa shape index (κ1) is 31.4. The second-order valence-electron chi connectivity index (χ2n) is 16.7. The largest absolute Gasteiger partial charge is 0.493 e. The number of methoxy groups -OCH3 is 1. The predicted octanol–water partition coefficient (Wildman–Crippen LogP) is 7.68. The lowest BCUT2D eigenvalue weighted by molar-refractivity contribution is -0.152. The Morgan fingerprint density at radius 3 is 2.42 bits per heavy atom. The minimum Gasteiger partial charge on any atom is -0.493 e. The first-order valence-electron chi connectivity index (χ1n) is 18.0. The summed E-state index contributed by atoms with van der Waals surface area (Å²) in [6.07, 6.45) is 20.0. The van der Waals surface area contributed by atoms with Crippen LogP contribution in [0.3, 0.4) is 0 Å². The zero-order valence-corrected chi connectivity index (χ0v) is 28.0. The number of rotatable bonds is 12. The fourth-order valence-corrected chi connectivity index (χ4v) is 11.9. The number of amides is 1. The van der Waals surface area contributed by atoms with Gasteiger partial charge in [-0.25, -0.2) is 4.79 Å². The molecule has 8 rings (SSSR count). The van der Waals surface area contributed by atoms with Crippen LogP contribution in [0.2, 0.25) is 0 Å². The number of hydrogen-bond acceptors (Lipinski definition) is 5. The summed E-state index contributed by atoms with van der Waals surface area (Å²) in [4.78, 5) is 17.0. The Labute approximate surface area is 270 Å². The first-order valence-corrected chi connectivity index (χ1v) is 18.0. The molecule has 2 unspecified atom stereocenters. The zero-order chi connectivity index (χ0) is 31.5. The van der Waals surface area contributed by atoms with Crippen LogP contribution >= 0.6 is 0 Å². The summed E-state index contributed by atoms with van der Waals surface area (Å²) >= 11 is 0. The van der Waals surface area contributed by atoms with Crippen molar-refractivity contribution in [3.8, 4) is 11.5 Å². The number of benzene rings is 1. The van der Waals surface area contributed by atoms with Crippen molar-refractivity contribution in [3.05, 3.63) is 35.4 Å². The van der Waals surface area contributed by atoms with E-state index in [9.17, 15) is 15.0 Å². The molecule has 2 heterocycles. The number of ether oxygens (including phenoxy) is 2. The van der Waals surface area contributed by atoms with Crippen LogP contribution in [0, 0.1) is 16.7 Å². The van der Waals surface area contributed by atoms with Crippen LogP contribution in [0.25, 0.3) is 0 Å². The molecule has 0 saturated heterocycles. The number of aliphatic hydroxyl groups is 1. The van der Waals surface area contributed by atoms with Crippen molar-refractivity contribution < 1.29 is 24.5 Å². The second kappa shape index (κ2) is 11.8. The van der Waals surface area contributed by atoms with Crippen LogP contribution in [0.4, 0.5) is 4.79 Å². The summed E-state index contributed by atoms with van der Waals surface area (Å²) in [5.74, 6) is 2.39. The van der Waals surface area contributed by atoms with Crippen molar-refractivity contribution in [3.63, 3.8) is 0 Å². The van der Waals surface area contributed by atoms with Crippen LogP contribution in [-0.4, -0.2) is 70.6 Å². The third-order valence-corrected chi connectivity index (χ3v) is 12.8. The van der Waals surface area contributed by atoms with Crippen LogP contribution in [0.1, 0.15) is 121 Å². The third kappa shape index (κ3) is 5.68. The lowest BCUT2D eigenvalue weighted by Gasteiger charge is -2.67. The summed E-state index contributed by atoms with van der Waals surface area (Å²) < 4.78 is 12.1. The van der Waals surface area contributed by atoms with E-state index in [1.807, 2.05) is 17.0 Å². The molecule has 7 nitrogen and oxygen atoms in total. The third-order valence-electron chi connectivity index (χ3n) is 12.8. The quantitative estimate of drug-likeness (QED) is 0.184. The Morgan fingerprint density at radius 1 is 1.02 bits per heavy atom. The molecule has 0 aromatic heterocycles. The van der Waals surface area contributed by atoms with E-state index in [1.54, 1.807) is 7.11 Å². The highest BCUT2D eigenvalue weighted by molar-refractivity contribution is 5.66. The van der Waals surface area contributed by atoms with Crippen molar-refractivity contribution in [2.75, 3.05) is 26.7 Å². The molecule has 5 aliphatic carbocycles. The molecule has 1 spiro atoms. The SMILES string of the molecule is COc1ccc2c3c1O[C@H]1C[C@@H](O)C=C[C@@]31CCN(CCCCCCCCCN(C(=O)O)C13CC4C[C@@](C)(C1)C[C@](C)(C4)C3)C2. The number of aliphatic hydroxyl groups excluding tert-OH is 1. The van der Waals surface area contributed by atoms with E-state index in [2.05, 4.69) is 30.9 Å². The van der Waals surface area contributed by atoms with Gasteiger partial charge in [-0.3, -0.25) is 4.90 Å². The molecule has 4 saturated carbocycles. The molecule has 1 aromatic carbocycles. The maximum absolute atomic E-state index is 12.5. The Hall–Kier alpha value is -2.25. The Balaban J connectivity index is 0.855. The van der Waals surface area contributed by atoms with E-state index in [0.29, 0.717) is 29.7 Å². The van der Waals surface area contributed by atoms with Crippen molar-refractivity contribution in [2.45, 2.75) is 140 Å². The van der Waals surface area contributed by atoms with E-state index in [0.717, 1.165) is 69.7 Å². The van der Waals surface area contributed by atoms with Gasteiger partial charge < -0.3 is 24.6 Å². The van der Waals surface area contributed by atoms with Gasteiger partial charge >= 0.3 is 6.09 Å². The zero-order valence-electron chi connectivity index (χ0n) is 28.0. The average molecular weight is 621 g/mol. The molecule has 0 radical (unpaired) electrons. The fourth-order valence-electron chi connectivity index (χ4n) is 11.9. The van der Waals surface area contributed by atoms with Gasteiger partial charge in [-0.15, -0.1) is 0 Å².